The van der Waals surface area contributed by atoms with E-state index >= 15 is 0 Å². The lowest BCUT2D eigenvalue weighted by atomic mass is 10.2. The number of carboxylic acids is 1. The second-order valence-corrected chi connectivity index (χ2v) is 5.77. The van der Waals surface area contributed by atoms with Crippen molar-refractivity contribution in [2.45, 2.75) is 13.1 Å². The first-order valence-electron chi connectivity index (χ1n) is 7.29. The summed E-state index contributed by atoms with van der Waals surface area (Å²) in [4.78, 5) is 22.1. The Balaban J connectivity index is 2.16. The van der Waals surface area contributed by atoms with E-state index < -0.39 is 5.97 Å². The largest absolute Gasteiger partial charge is 0.480 e. The molecule has 0 aromatic carbocycles. The molecular formula is C15H24N4O2. The summed E-state index contributed by atoms with van der Waals surface area (Å²) in [6.07, 6.45) is 0. The number of fused-ring (bicyclic) bond motifs is 2. The molecule has 0 saturated heterocycles. The van der Waals surface area contributed by atoms with Gasteiger partial charge in [-0.05, 0) is 26.2 Å². The number of pyridine rings is 1. The van der Waals surface area contributed by atoms with Gasteiger partial charge in [-0.15, -0.1) is 0 Å². The van der Waals surface area contributed by atoms with E-state index in [9.17, 15) is 4.79 Å². The van der Waals surface area contributed by atoms with Crippen molar-refractivity contribution in [3.05, 3.63) is 29.6 Å². The second kappa shape index (κ2) is 7.49. The van der Waals surface area contributed by atoms with Crippen molar-refractivity contribution in [1.82, 2.24) is 19.7 Å². The molecule has 0 atom stereocenters. The van der Waals surface area contributed by atoms with Gasteiger partial charge in [-0.25, -0.2) is 0 Å². The Hall–Kier alpha value is -1.50. The highest BCUT2D eigenvalue weighted by molar-refractivity contribution is 5.69. The second-order valence-electron chi connectivity index (χ2n) is 5.77. The number of likely N-dealkylation sites (N-methyl/N-ethyl adjacent to an activating group) is 2. The highest BCUT2D eigenvalue weighted by atomic mass is 16.4. The molecule has 1 aliphatic rings. The van der Waals surface area contributed by atoms with Crippen LogP contribution in [-0.4, -0.2) is 77.6 Å². The first-order valence-corrected chi connectivity index (χ1v) is 7.29. The summed E-state index contributed by atoms with van der Waals surface area (Å²) in [5.41, 5.74) is 1.97. The van der Waals surface area contributed by atoms with Gasteiger partial charge in [0.15, 0.2) is 0 Å². The quantitative estimate of drug-likeness (QED) is 0.848. The first kappa shape index (κ1) is 15.9. The minimum absolute atomic E-state index is 0.0552. The minimum Gasteiger partial charge on any atom is -0.480 e. The number of hydrogen-bond acceptors (Lipinski definition) is 5. The summed E-state index contributed by atoms with van der Waals surface area (Å²) >= 11 is 0. The molecule has 6 heteroatoms. The van der Waals surface area contributed by atoms with Gasteiger partial charge in [-0.3, -0.25) is 19.6 Å². The lowest BCUT2D eigenvalue weighted by Crippen LogP contribution is -2.39. The summed E-state index contributed by atoms with van der Waals surface area (Å²) in [6, 6.07) is 5.99. The van der Waals surface area contributed by atoms with Crippen molar-refractivity contribution in [2.24, 2.45) is 0 Å². The van der Waals surface area contributed by atoms with Crippen molar-refractivity contribution in [3.63, 3.8) is 0 Å². The first-order chi connectivity index (χ1) is 10.0. The van der Waals surface area contributed by atoms with Crippen LogP contribution in [-0.2, 0) is 17.9 Å². The molecule has 1 aromatic rings. The fraction of sp³-hybridized carbons (Fsp3) is 0.600. The van der Waals surface area contributed by atoms with Crippen LogP contribution in [0.1, 0.15) is 11.4 Å². The molecule has 0 aliphatic carbocycles. The number of aromatic nitrogens is 1. The molecule has 2 bridgehead atoms. The smallest absolute Gasteiger partial charge is 0.317 e. The molecule has 1 N–H and O–H groups in total. The van der Waals surface area contributed by atoms with Crippen LogP contribution in [0.5, 0.6) is 0 Å². The van der Waals surface area contributed by atoms with Crippen LogP contribution in [0.25, 0.3) is 0 Å². The Morgan fingerprint density at radius 1 is 1.10 bits per heavy atom. The minimum atomic E-state index is -0.791. The zero-order chi connectivity index (χ0) is 15.2. The predicted molar refractivity (Wildman–Crippen MR) is 81.0 cm³/mol. The van der Waals surface area contributed by atoms with E-state index in [1.807, 2.05) is 23.1 Å². The number of carboxylic acid groups (broad SMARTS) is 1. The molecule has 0 radical (unpaired) electrons. The highest BCUT2D eigenvalue weighted by Gasteiger charge is 2.14. The average molecular weight is 292 g/mol. The zero-order valence-corrected chi connectivity index (χ0v) is 12.8. The van der Waals surface area contributed by atoms with Gasteiger partial charge in [-0.2, -0.15) is 0 Å². The number of nitrogens with zero attached hydrogens (tertiary/aromatic N) is 4. The van der Waals surface area contributed by atoms with Crippen molar-refractivity contribution < 1.29 is 9.90 Å². The molecular weight excluding hydrogens is 268 g/mol. The molecule has 6 nitrogen and oxygen atoms in total. The average Bonchev–Trinajstić information content (AvgIpc) is 2.41. The van der Waals surface area contributed by atoms with Crippen molar-refractivity contribution in [3.8, 4) is 0 Å². The van der Waals surface area contributed by atoms with E-state index in [0.29, 0.717) is 6.54 Å². The molecule has 0 amide bonds. The van der Waals surface area contributed by atoms with Crippen molar-refractivity contribution in [1.29, 1.82) is 0 Å². The van der Waals surface area contributed by atoms with Gasteiger partial charge in [0.25, 0.3) is 0 Å². The van der Waals surface area contributed by atoms with E-state index in [1.165, 1.54) is 0 Å². The van der Waals surface area contributed by atoms with Gasteiger partial charge >= 0.3 is 5.97 Å². The zero-order valence-electron chi connectivity index (χ0n) is 12.8. The Morgan fingerprint density at radius 3 is 2.43 bits per heavy atom. The van der Waals surface area contributed by atoms with Crippen LogP contribution in [0.4, 0.5) is 0 Å². The van der Waals surface area contributed by atoms with Crippen LogP contribution < -0.4 is 0 Å². The maximum atomic E-state index is 11.0. The van der Waals surface area contributed by atoms with E-state index in [0.717, 1.165) is 44.1 Å². The fourth-order valence-electron chi connectivity index (χ4n) is 2.46. The predicted octanol–water partition coefficient (Wildman–Crippen LogP) is 0.345. The highest BCUT2D eigenvalue weighted by Crippen LogP contribution is 2.07. The van der Waals surface area contributed by atoms with Crippen LogP contribution in [0.2, 0.25) is 0 Å². The fourth-order valence-corrected chi connectivity index (χ4v) is 2.46. The van der Waals surface area contributed by atoms with E-state index in [1.54, 1.807) is 0 Å². The number of hydrogen-bond donors (Lipinski definition) is 1. The topological polar surface area (TPSA) is 59.9 Å². The van der Waals surface area contributed by atoms with Gasteiger partial charge in [0.1, 0.15) is 0 Å². The lowest BCUT2D eigenvalue weighted by molar-refractivity contribution is -0.138. The van der Waals surface area contributed by atoms with E-state index in [4.69, 9.17) is 5.11 Å². The van der Waals surface area contributed by atoms with Gasteiger partial charge in [0.2, 0.25) is 0 Å². The monoisotopic (exact) mass is 292 g/mol. The van der Waals surface area contributed by atoms with Crippen LogP contribution in [0.3, 0.4) is 0 Å². The van der Waals surface area contributed by atoms with E-state index in [-0.39, 0.29) is 6.54 Å². The standard InChI is InChI=1S/C15H24N4O2/c1-17-6-7-18(2)10-13-4-3-5-14(16-13)11-19(9-8-17)12-15(20)21/h3-5H,6-12H2,1-2H3,(H,20,21). The van der Waals surface area contributed by atoms with E-state index in [2.05, 4.69) is 28.9 Å². The van der Waals surface area contributed by atoms with Crippen molar-refractivity contribution >= 4 is 5.97 Å². The Bertz CT molecular complexity index is 480. The van der Waals surface area contributed by atoms with Gasteiger partial charge in [-0.1, -0.05) is 6.07 Å². The summed E-state index contributed by atoms with van der Waals surface area (Å²) in [7, 11) is 4.18. The summed E-state index contributed by atoms with van der Waals surface area (Å²) in [6.45, 7) is 5.00. The van der Waals surface area contributed by atoms with Crippen LogP contribution in [0, 0.1) is 0 Å². The number of rotatable bonds is 2. The van der Waals surface area contributed by atoms with Gasteiger partial charge in [0, 0.05) is 39.3 Å². The summed E-state index contributed by atoms with van der Waals surface area (Å²) < 4.78 is 0. The summed E-state index contributed by atoms with van der Waals surface area (Å²) in [5.74, 6) is -0.791. The molecule has 0 saturated carbocycles. The number of aliphatic carboxylic acids is 1. The molecule has 0 spiro atoms. The third-order valence-corrected chi connectivity index (χ3v) is 3.70. The summed E-state index contributed by atoms with van der Waals surface area (Å²) in [5, 5.41) is 9.05. The number of carbonyl (C=O) groups is 1. The molecule has 0 unspecified atom stereocenters. The molecule has 21 heavy (non-hydrogen) atoms. The molecule has 0 fully saturated rings. The third kappa shape index (κ3) is 5.41. The van der Waals surface area contributed by atoms with Gasteiger partial charge < -0.3 is 10.0 Å². The van der Waals surface area contributed by atoms with Gasteiger partial charge in [0.05, 0.1) is 17.9 Å². The lowest BCUT2D eigenvalue weighted by Gasteiger charge is -2.27. The van der Waals surface area contributed by atoms with Crippen molar-refractivity contribution in [2.75, 3.05) is 46.8 Å². The molecule has 116 valence electrons. The molecule has 2 rings (SSSR count). The maximum Gasteiger partial charge on any atom is 0.317 e. The molecule has 1 aromatic heterocycles. The molecule has 1 aliphatic heterocycles. The SMILES string of the molecule is CN1CCN(C)Cc2cccc(n2)CN(CC(=O)O)CC1. The Morgan fingerprint density at radius 2 is 1.71 bits per heavy atom. The molecule has 2 heterocycles. The Kier molecular flexibility index (Phi) is 5.67. The van der Waals surface area contributed by atoms with Crippen LogP contribution >= 0.6 is 0 Å². The third-order valence-electron chi connectivity index (χ3n) is 3.70. The normalized spacial score (nSPS) is 19.7. The maximum absolute atomic E-state index is 11.0. The van der Waals surface area contributed by atoms with Crippen LogP contribution in [0.15, 0.2) is 18.2 Å². The Labute approximate surface area is 126 Å².